The van der Waals surface area contributed by atoms with Crippen molar-refractivity contribution in [2.24, 2.45) is 5.73 Å². The van der Waals surface area contributed by atoms with E-state index in [9.17, 15) is 0 Å². The first-order valence-corrected chi connectivity index (χ1v) is 8.24. The van der Waals surface area contributed by atoms with Crippen molar-refractivity contribution in [3.8, 4) is 0 Å². The fourth-order valence-corrected chi connectivity index (χ4v) is 3.26. The number of benzene rings is 1. The maximum atomic E-state index is 5.71. The molecule has 0 radical (unpaired) electrons. The minimum atomic E-state index is 0.479. The number of hydrogen-bond donors (Lipinski definition) is 1. The molecule has 1 aliphatic rings. The number of nitrogens with zero attached hydrogens (tertiary/aromatic N) is 2. The molecule has 1 aromatic rings. The zero-order chi connectivity index (χ0) is 15.4. The summed E-state index contributed by atoms with van der Waals surface area (Å²) in [5.74, 6) is 0. The number of aryl methyl sites for hydroxylation is 1. The lowest BCUT2D eigenvalue weighted by Crippen LogP contribution is -2.39. The van der Waals surface area contributed by atoms with Crippen molar-refractivity contribution in [2.75, 3.05) is 26.7 Å². The van der Waals surface area contributed by atoms with E-state index in [0.29, 0.717) is 11.0 Å². The topological polar surface area (TPSA) is 32.5 Å². The fourth-order valence-electron chi connectivity index (χ4n) is 3.13. The van der Waals surface area contributed by atoms with Crippen molar-refractivity contribution in [2.45, 2.75) is 39.3 Å². The van der Waals surface area contributed by atoms with Gasteiger partial charge in [0.1, 0.15) is 4.99 Å². The minimum absolute atomic E-state index is 0.479. The predicted octanol–water partition coefficient (Wildman–Crippen LogP) is 2.55. The molecule has 1 unspecified atom stereocenters. The van der Waals surface area contributed by atoms with Crippen molar-refractivity contribution in [3.05, 3.63) is 34.9 Å². The van der Waals surface area contributed by atoms with Gasteiger partial charge in [0, 0.05) is 31.2 Å². The molecule has 1 fully saturated rings. The molecule has 0 aliphatic carbocycles. The molecule has 2 rings (SSSR count). The molecule has 3 nitrogen and oxygen atoms in total. The molecular formula is C17H27N3S. The van der Waals surface area contributed by atoms with Crippen LogP contribution in [0.25, 0.3) is 0 Å². The molecule has 4 heteroatoms. The van der Waals surface area contributed by atoms with Crippen LogP contribution in [0.15, 0.2) is 18.2 Å². The van der Waals surface area contributed by atoms with Gasteiger partial charge in [0.2, 0.25) is 0 Å². The molecule has 21 heavy (non-hydrogen) atoms. The molecule has 2 N–H and O–H groups in total. The van der Waals surface area contributed by atoms with Gasteiger partial charge in [0.05, 0.1) is 0 Å². The Hall–Kier alpha value is -0.970. The number of nitrogens with two attached hydrogens (primary N) is 1. The van der Waals surface area contributed by atoms with Crippen LogP contribution >= 0.6 is 12.2 Å². The molecule has 1 atom stereocenters. The lowest BCUT2D eigenvalue weighted by molar-refractivity contribution is 0.175. The average molecular weight is 305 g/mol. The van der Waals surface area contributed by atoms with Gasteiger partial charge in [0.25, 0.3) is 0 Å². The molecule has 0 saturated carbocycles. The van der Waals surface area contributed by atoms with E-state index in [2.05, 4.69) is 48.9 Å². The van der Waals surface area contributed by atoms with Gasteiger partial charge >= 0.3 is 0 Å². The van der Waals surface area contributed by atoms with Crippen LogP contribution < -0.4 is 5.73 Å². The maximum Gasteiger partial charge on any atom is 0.103 e. The summed E-state index contributed by atoms with van der Waals surface area (Å²) >= 11 is 5.06. The lowest BCUT2D eigenvalue weighted by Gasteiger charge is -2.30. The van der Waals surface area contributed by atoms with Gasteiger partial charge in [-0.2, -0.15) is 0 Å². The Labute approximate surface area is 134 Å². The van der Waals surface area contributed by atoms with Crippen molar-refractivity contribution < 1.29 is 0 Å². The minimum Gasteiger partial charge on any atom is -0.389 e. The Balaban J connectivity index is 2.14. The summed E-state index contributed by atoms with van der Waals surface area (Å²) in [7, 11) is 2.23. The van der Waals surface area contributed by atoms with E-state index >= 15 is 0 Å². The Kier molecular flexibility index (Phi) is 5.73. The summed E-state index contributed by atoms with van der Waals surface area (Å²) in [5.41, 5.74) is 9.35. The van der Waals surface area contributed by atoms with Crippen LogP contribution in [-0.4, -0.2) is 47.5 Å². The highest BCUT2D eigenvalue weighted by Gasteiger charge is 2.22. The van der Waals surface area contributed by atoms with Crippen molar-refractivity contribution in [1.82, 2.24) is 9.80 Å². The third-order valence-corrected chi connectivity index (χ3v) is 4.73. The molecule has 0 spiro atoms. The van der Waals surface area contributed by atoms with Crippen LogP contribution in [0.2, 0.25) is 0 Å². The second-order valence-corrected chi connectivity index (χ2v) is 6.59. The Morgan fingerprint density at radius 3 is 2.76 bits per heavy atom. The normalized spacial score (nSPS) is 21.2. The van der Waals surface area contributed by atoms with Gasteiger partial charge in [-0.3, -0.25) is 4.90 Å². The molecular weight excluding hydrogens is 278 g/mol. The van der Waals surface area contributed by atoms with E-state index in [0.717, 1.165) is 12.1 Å². The smallest absolute Gasteiger partial charge is 0.103 e. The van der Waals surface area contributed by atoms with E-state index in [1.807, 2.05) is 0 Å². The van der Waals surface area contributed by atoms with Crippen molar-refractivity contribution in [3.63, 3.8) is 0 Å². The van der Waals surface area contributed by atoms with Crippen LogP contribution in [0, 0.1) is 6.92 Å². The van der Waals surface area contributed by atoms with E-state index in [4.69, 9.17) is 18.0 Å². The maximum absolute atomic E-state index is 5.71. The number of hydrogen-bond acceptors (Lipinski definition) is 3. The van der Waals surface area contributed by atoms with E-state index in [1.54, 1.807) is 0 Å². The quantitative estimate of drug-likeness (QED) is 0.867. The van der Waals surface area contributed by atoms with Crippen molar-refractivity contribution >= 4 is 17.2 Å². The first-order valence-electron chi connectivity index (χ1n) is 7.83. The summed E-state index contributed by atoms with van der Waals surface area (Å²) in [6.45, 7) is 9.02. The largest absolute Gasteiger partial charge is 0.389 e. The van der Waals surface area contributed by atoms with Crippen LogP contribution in [0.5, 0.6) is 0 Å². The predicted molar refractivity (Wildman–Crippen MR) is 93.7 cm³/mol. The summed E-state index contributed by atoms with van der Waals surface area (Å²) in [6, 6.07) is 7.00. The van der Waals surface area contributed by atoms with Gasteiger partial charge in [0.15, 0.2) is 0 Å². The Bertz CT molecular complexity index is 501. The fraction of sp³-hybridized carbons (Fsp3) is 0.588. The van der Waals surface area contributed by atoms with Gasteiger partial charge in [-0.15, -0.1) is 0 Å². The second-order valence-electron chi connectivity index (χ2n) is 6.15. The zero-order valence-electron chi connectivity index (χ0n) is 13.4. The molecule has 0 bridgehead atoms. The van der Waals surface area contributed by atoms with Gasteiger partial charge in [-0.1, -0.05) is 31.3 Å². The number of rotatable bonds is 4. The molecule has 116 valence electrons. The third-order valence-electron chi connectivity index (χ3n) is 4.50. The summed E-state index contributed by atoms with van der Waals surface area (Å²) in [6.07, 6.45) is 2.45. The standard InChI is InChI=1S/C17H27N3S/c1-4-16-12-19(3)8-5-9-20(16)11-15-7-6-14(17(18)21)10-13(15)2/h6-7,10,16H,4-5,8-9,11-12H2,1-3H3,(H2,18,21). The van der Waals surface area contributed by atoms with Crippen molar-refractivity contribution in [1.29, 1.82) is 0 Å². The van der Waals surface area contributed by atoms with Gasteiger partial charge in [-0.25, -0.2) is 0 Å². The number of likely N-dealkylation sites (N-methyl/N-ethyl adjacent to an activating group) is 1. The highest BCUT2D eigenvalue weighted by Crippen LogP contribution is 2.19. The van der Waals surface area contributed by atoms with E-state index in [1.165, 1.54) is 43.6 Å². The Morgan fingerprint density at radius 1 is 1.38 bits per heavy atom. The van der Waals surface area contributed by atoms with Gasteiger partial charge < -0.3 is 10.6 Å². The lowest BCUT2D eigenvalue weighted by atomic mass is 10.0. The molecule has 0 aromatic heterocycles. The molecule has 1 aromatic carbocycles. The zero-order valence-corrected chi connectivity index (χ0v) is 14.2. The van der Waals surface area contributed by atoms with Crippen LogP contribution in [0.4, 0.5) is 0 Å². The van der Waals surface area contributed by atoms with Crippen LogP contribution in [0.3, 0.4) is 0 Å². The summed E-state index contributed by atoms with van der Waals surface area (Å²) in [5, 5.41) is 0. The van der Waals surface area contributed by atoms with E-state index < -0.39 is 0 Å². The third kappa shape index (κ3) is 4.25. The first-order chi connectivity index (χ1) is 10.0. The summed E-state index contributed by atoms with van der Waals surface area (Å²) in [4.78, 5) is 5.57. The van der Waals surface area contributed by atoms with Crippen LogP contribution in [-0.2, 0) is 6.54 Å². The SMILES string of the molecule is CCC1CN(C)CCCN1Cc1ccc(C(N)=S)cc1C. The highest BCUT2D eigenvalue weighted by molar-refractivity contribution is 7.80. The second kappa shape index (κ2) is 7.34. The monoisotopic (exact) mass is 305 g/mol. The average Bonchev–Trinajstić information content (AvgIpc) is 2.62. The van der Waals surface area contributed by atoms with Crippen LogP contribution in [0.1, 0.15) is 36.5 Å². The van der Waals surface area contributed by atoms with Gasteiger partial charge in [-0.05, 0) is 50.6 Å². The molecule has 1 saturated heterocycles. The van der Waals surface area contributed by atoms with E-state index in [-0.39, 0.29) is 0 Å². The summed E-state index contributed by atoms with van der Waals surface area (Å²) < 4.78 is 0. The first kappa shape index (κ1) is 16.4. The highest BCUT2D eigenvalue weighted by atomic mass is 32.1. The Morgan fingerprint density at radius 2 is 2.14 bits per heavy atom. The number of thiocarbonyl (C=S) groups is 1. The molecule has 0 amide bonds. The molecule has 1 aliphatic heterocycles. The molecule has 1 heterocycles.